The van der Waals surface area contributed by atoms with Gasteiger partial charge in [0.15, 0.2) is 0 Å². The maximum atomic E-state index is 6.51. The summed E-state index contributed by atoms with van der Waals surface area (Å²) in [5.41, 5.74) is 8.90. The molecule has 0 saturated carbocycles. The van der Waals surface area contributed by atoms with Gasteiger partial charge in [-0.05, 0) is 67.6 Å². The Hall–Kier alpha value is -6.43. The van der Waals surface area contributed by atoms with E-state index in [0.29, 0.717) is 0 Å². The van der Waals surface area contributed by atoms with Gasteiger partial charge < -0.3 is 15.1 Å². The van der Waals surface area contributed by atoms with Crippen LogP contribution in [-0.4, -0.2) is 5.84 Å². The number of nitrogens with zero attached hydrogens (tertiary/aromatic N) is 1. The molecule has 3 unspecified atom stereocenters. The molecule has 3 N–H and O–H groups in total. The highest BCUT2D eigenvalue weighted by molar-refractivity contribution is 6.11. The van der Waals surface area contributed by atoms with E-state index in [-0.39, 0.29) is 18.4 Å². The van der Waals surface area contributed by atoms with E-state index < -0.39 is 0 Å². The lowest BCUT2D eigenvalue weighted by Crippen LogP contribution is -2.45. The standard InChI is InChI=1S/C46H34N4O/c1-3-11-29(12-4-1)33-21-22-39-41(28-33)51-40-25-26-47-43(42(39)40)37-23-24-38(36-18-10-9-17-35(36)37)46-49-44(31-14-5-2-6-15-31)48-45(50-46)34-20-19-30-13-7-8-16-32(30)27-34/h1-28,43-45,47-48H,(H,49,50). The van der Waals surface area contributed by atoms with Gasteiger partial charge in [-0.2, -0.15) is 0 Å². The maximum absolute atomic E-state index is 6.51. The van der Waals surface area contributed by atoms with Gasteiger partial charge in [-0.25, -0.2) is 4.99 Å². The van der Waals surface area contributed by atoms with E-state index in [1.807, 2.05) is 24.4 Å². The van der Waals surface area contributed by atoms with Crippen LogP contribution in [0.5, 0.6) is 0 Å². The molecule has 0 radical (unpaired) electrons. The zero-order valence-electron chi connectivity index (χ0n) is 27.8. The van der Waals surface area contributed by atoms with Crippen molar-refractivity contribution in [2.24, 2.45) is 4.99 Å². The molecule has 0 aliphatic carbocycles. The maximum Gasteiger partial charge on any atom is 0.135 e. The lowest BCUT2D eigenvalue weighted by molar-refractivity contribution is 0.409. The Morgan fingerprint density at radius 3 is 2.20 bits per heavy atom. The van der Waals surface area contributed by atoms with E-state index in [1.165, 1.54) is 27.3 Å². The second kappa shape index (κ2) is 12.2. The minimum absolute atomic E-state index is 0.0851. The summed E-state index contributed by atoms with van der Waals surface area (Å²) < 4.78 is 6.51. The highest BCUT2D eigenvalue weighted by Gasteiger charge is 2.30. The zero-order valence-corrected chi connectivity index (χ0v) is 27.8. The van der Waals surface area contributed by atoms with Crippen LogP contribution < -0.4 is 16.0 Å². The molecule has 3 heterocycles. The van der Waals surface area contributed by atoms with Crippen LogP contribution in [-0.2, 0) is 0 Å². The molecule has 2 aliphatic heterocycles. The van der Waals surface area contributed by atoms with Crippen LogP contribution in [0.15, 0.2) is 173 Å². The summed E-state index contributed by atoms with van der Waals surface area (Å²) in [6.07, 6.45) is 3.68. The Morgan fingerprint density at radius 2 is 1.33 bits per heavy atom. The van der Waals surface area contributed by atoms with E-state index in [9.17, 15) is 0 Å². The second-order valence-corrected chi connectivity index (χ2v) is 13.3. The fourth-order valence-electron chi connectivity index (χ4n) is 7.76. The predicted octanol–water partition coefficient (Wildman–Crippen LogP) is 10.4. The number of rotatable bonds is 5. The molecule has 5 heteroatoms. The average Bonchev–Trinajstić information content (AvgIpc) is 3.59. The SMILES string of the molecule is C1=Cc2oc3cc(-c4ccccc4)ccc3c2C(c2ccc(C3=NC(c4ccccc4)NC(c4ccc5ccccc5c4)N3)c3ccccc23)N1. The Bertz CT molecular complexity index is 2640. The van der Waals surface area contributed by atoms with Crippen molar-refractivity contribution in [2.45, 2.75) is 18.4 Å². The first-order valence-electron chi connectivity index (χ1n) is 17.5. The molecule has 0 amide bonds. The molecule has 0 saturated heterocycles. The molecule has 2 aliphatic rings. The van der Waals surface area contributed by atoms with Crippen molar-refractivity contribution < 1.29 is 4.42 Å². The number of aliphatic imine (C=N–C) groups is 1. The summed E-state index contributed by atoms with van der Waals surface area (Å²) in [4.78, 5) is 5.31. The molecular weight excluding hydrogens is 625 g/mol. The van der Waals surface area contributed by atoms with Gasteiger partial charge in [0.25, 0.3) is 0 Å². The highest BCUT2D eigenvalue weighted by atomic mass is 16.3. The molecule has 0 bridgehead atoms. The number of fused-ring (bicyclic) bond motifs is 5. The van der Waals surface area contributed by atoms with Gasteiger partial charge in [0.2, 0.25) is 0 Å². The highest BCUT2D eigenvalue weighted by Crippen LogP contribution is 2.41. The smallest absolute Gasteiger partial charge is 0.135 e. The molecule has 5 nitrogen and oxygen atoms in total. The molecule has 1 aromatic heterocycles. The lowest BCUT2D eigenvalue weighted by Gasteiger charge is -2.33. The molecule has 51 heavy (non-hydrogen) atoms. The Balaban J connectivity index is 1.07. The third-order valence-electron chi connectivity index (χ3n) is 10.3. The van der Waals surface area contributed by atoms with E-state index in [1.54, 1.807) is 0 Å². The summed E-state index contributed by atoms with van der Waals surface area (Å²) >= 11 is 0. The zero-order chi connectivity index (χ0) is 33.7. The Morgan fingerprint density at radius 1 is 0.569 bits per heavy atom. The molecule has 244 valence electrons. The summed E-state index contributed by atoms with van der Waals surface area (Å²) in [7, 11) is 0. The van der Waals surface area contributed by atoms with E-state index in [0.717, 1.165) is 55.8 Å². The lowest BCUT2D eigenvalue weighted by atomic mass is 9.88. The minimum Gasteiger partial charge on any atom is -0.456 e. The van der Waals surface area contributed by atoms with Crippen molar-refractivity contribution in [3.8, 4) is 11.1 Å². The van der Waals surface area contributed by atoms with Crippen LogP contribution in [0.1, 0.15) is 52.0 Å². The summed E-state index contributed by atoms with van der Waals surface area (Å²) in [6, 6.07) is 55.7. The number of amidine groups is 1. The number of nitrogens with one attached hydrogen (secondary N) is 3. The van der Waals surface area contributed by atoms with E-state index in [2.05, 4.69) is 162 Å². The molecule has 10 rings (SSSR count). The van der Waals surface area contributed by atoms with Gasteiger partial charge in [-0.3, -0.25) is 5.32 Å². The van der Waals surface area contributed by atoms with Gasteiger partial charge in [-0.1, -0.05) is 146 Å². The first-order chi connectivity index (χ1) is 25.3. The van der Waals surface area contributed by atoms with Crippen LogP contribution in [0.4, 0.5) is 0 Å². The van der Waals surface area contributed by atoms with Gasteiger partial charge in [-0.15, -0.1) is 0 Å². The van der Waals surface area contributed by atoms with Gasteiger partial charge >= 0.3 is 0 Å². The fraction of sp³-hybridized carbons (Fsp3) is 0.0652. The largest absolute Gasteiger partial charge is 0.456 e. The van der Waals surface area contributed by atoms with Crippen molar-refractivity contribution in [2.75, 3.05) is 0 Å². The topological polar surface area (TPSA) is 61.6 Å². The van der Waals surface area contributed by atoms with Gasteiger partial charge in [0.05, 0.1) is 6.04 Å². The second-order valence-electron chi connectivity index (χ2n) is 13.3. The monoisotopic (exact) mass is 658 g/mol. The number of hydrogen-bond donors (Lipinski definition) is 3. The number of benzene rings is 7. The van der Waals surface area contributed by atoms with Crippen LogP contribution in [0, 0.1) is 0 Å². The van der Waals surface area contributed by atoms with Gasteiger partial charge in [0, 0.05) is 22.7 Å². The molecule has 0 fully saturated rings. The first-order valence-corrected chi connectivity index (χ1v) is 17.5. The number of hydrogen-bond acceptors (Lipinski definition) is 5. The summed E-state index contributed by atoms with van der Waals surface area (Å²) in [6.45, 7) is 0. The molecule has 0 spiro atoms. The third kappa shape index (κ3) is 5.18. The first kappa shape index (κ1) is 29.5. The van der Waals surface area contributed by atoms with Crippen LogP contribution >= 0.6 is 0 Å². The van der Waals surface area contributed by atoms with Crippen LogP contribution in [0.2, 0.25) is 0 Å². The molecule has 7 aromatic carbocycles. The molecule has 8 aromatic rings. The van der Waals surface area contributed by atoms with Crippen LogP contribution in [0.25, 0.3) is 49.7 Å². The van der Waals surface area contributed by atoms with Crippen molar-refractivity contribution in [3.05, 3.63) is 198 Å². The third-order valence-corrected chi connectivity index (χ3v) is 10.3. The average molecular weight is 659 g/mol. The Kier molecular flexibility index (Phi) is 7.03. The van der Waals surface area contributed by atoms with E-state index in [4.69, 9.17) is 9.41 Å². The molecular formula is C46H34N4O. The minimum atomic E-state index is -0.219. The van der Waals surface area contributed by atoms with Crippen molar-refractivity contribution in [1.29, 1.82) is 0 Å². The summed E-state index contributed by atoms with van der Waals surface area (Å²) in [5, 5.41) is 17.1. The normalized spacial score (nSPS) is 18.3. The number of furan rings is 1. The summed E-state index contributed by atoms with van der Waals surface area (Å²) in [5.74, 6) is 1.75. The van der Waals surface area contributed by atoms with Crippen molar-refractivity contribution in [1.82, 2.24) is 16.0 Å². The Labute approximate surface area is 296 Å². The van der Waals surface area contributed by atoms with Gasteiger partial charge in [0.1, 0.15) is 29.5 Å². The quantitative estimate of drug-likeness (QED) is 0.172. The predicted molar refractivity (Wildman–Crippen MR) is 208 cm³/mol. The molecule has 3 atom stereocenters. The fourth-order valence-corrected chi connectivity index (χ4v) is 7.76. The van der Waals surface area contributed by atoms with Crippen molar-refractivity contribution in [3.63, 3.8) is 0 Å². The van der Waals surface area contributed by atoms with E-state index >= 15 is 0 Å². The van der Waals surface area contributed by atoms with Crippen LogP contribution in [0.3, 0.4) is 0 Å². The van der Waals surface area contributed by atoms with Crippen molar-refractivity contribution >= 4 is 44.4 Å².